The molecule has 0 unspecified atom stereocenters. The Bertz CT molecular complexity index is 905. The summed E-state index contributed by atoms with van der Waals surface area (Å²) in [5.74, 6) is 0.278. The molecule has 2 atom stereocenters. The number of hydrogen-bond acceptors (Lipinski definition) is 3. The molecule has 1 N–H and O–H groups in total. The highest BCUT2D eigenvalue weighted by molar-refractivity contribution is 5.93. The number of para-hydroxylation sites is 1. The third-order valence-electron chi connectivity index (χ3n) is 5.06. The van der Waals surface area contributed by atoms with Gasteiger partial charge in [0.25, 0.3) is 5.91 Å². The van der Waals surface area contributed by atoms with Crippen molar-refractivity contribution in [2.24, 2.45) is 0 Å². The largest absolute Gasteiger partial charge is 0.347 e. The predicted molar refractivity (Wildman–Crippen MR) is 92.7 cm³/mol. The van der Waals surface area contributed by atoms with Gasteiger partial charge in [-0.2, -0.15) is 10.2 Å². The van der Waals surface area contributed by atoms with Crippen LogP contribution in [-0.2, 0) is 13.0 Å². The number of carbonyl (C=O) groups is 1. The molecular formula is C19H19N5O. The summed E-state index contributed by atoms with van der Waals surface area (Å²) in [6.07, 6.45) is 7.05. The molecule has 5 rings (SSSR count). The maximum atomic E-state index is 12.4. The number of rotatable bonds is 4. The van der Waals surface area contributed by atoms with Crippen molar-refractivity contribution in [3.05, 3.63) is 65.7 Å². The van der Waals surface area contributed by atoms with Crippen LogP contribution >= 0.6 is 0 Å². The quantitative estimate of drug-likeness (QED) is 0.797. The molecule has 2 aromatic heterocycles. The Kier molecular flexibility index (Phi) is 3.23. The van der Waals surface area contributed by atoms with Gasteiger partial charge in [0.2, 0.25) is 0 Å². The Morgan fingerprint density at radius 2 is 2.12 bits per heavy atom. The minimum atomic E-state index is -0.0650. The highest BCUT2D eigenvalue weighted by atomic mass is 16.2. The van der Waals surface area contributed by atoms with Gasteiger partial charge in [0.05, 0.1) is 11.9 Å². The molecule has 6 nitrogen and oxygen atoms in total. The van der Waals surface area contributed by atoms with Crippen LogP contribution in [0.15, 0.2) is 48.8 Å². The molecule has 6 heteroatoms. The number of aryl methyl sites for hydroxylation is 2. The van der Waals surface area contributed by atoms with Gasteiger partial charge in [-0.3, -0.25) is 9.48 Å². The van der Waals surface area contributed by atoms with E-state index in [0.717, 1.165) is 31.5 Å². The fourth-order valence-electron chi connectivity index (χ4n) is 3.59. The van der Waals surface area contributed by atoms with Crippen LogP contribution in [0.25, 0.3) is 5.69 Å². The standard InChI is InChI=1S/C19H19N5O/c25-19(18-9-15-7-4-8-23(15)22-18)21-17-10-16(17)13-11-20-24(12-13)14-5-2-1-3-6-14/h1-3,5-6,9,11-12,16-17H,4,7-8,10H2,(H,21,25)/t16-,17+/m0/s1. The summed E-state index contributed by atoms with van der Waals surface area (Å²) < 4.78 is 3.83. The van der Waals surface area contributed by atoms with Gasteiger partial charge < -0.3 is 5.32 Å². The zero-order valence-corrected chi connectivity index (χ0v) is 13.8. The third kappa shape index (κ3) is 2.63. The summed E-state index contributed by atoms with van der Waals surface area (Å²) in [6, 6.07) is 12.1. The van der Waals surface area contributed by atoms with E-state index >= 15 is 0 Å². The maximum absolute atomic E-state index is 12.4. The van der Waals surface area contributed by atoms with Crippen molar-refractivity contribution in [2.75, 3.05) is 0 Å². The number of nitrogens with zero attached hydrogens (tertiary/aromatic N) is 4. The molecule has 0 bridgehead atoms. The minimum Gasteiger partial charge on any atom is -0.347 e. The zero-order chi connectivity index (χ0) is 16.8. The maximum Gasteiger partial charge on any atom is 0.272 e. The lowest BCUT2D eigenvalue weighted by Crippen LogP contribution is -2.27. The lowest BCUT2D eigenvalue weighted by atomic mass is 10.2. The molecule has 0 radical (unpaired) electrons. The Balaban J connectivity index is 1.25. The summed E-state index contributed by atoms with van der Waals surface area (Å²) in [5, 5.41) is 11.9. The van der Waals surface area contributed by atoms with Crippen molar-refractivity contribution in [1.82, 2.24) is 24.9 Å². The molecule has 25 heavy (non-hydrogen) atoms. The van der Waals surface area contributed by atoms with Crippen LogP contribution < -0.4 is 5.32 Å². The molecule has 1 fully saturated rings. The van der Waals surface area contributed by atoms with Gasteiger partial charge in [-0.25, -0.2) is 4.68 Å². The van der Waals surface area contributed by atoms with E-state index in [0.29, 0.717) is 11.6 Å². The van der Waals surface area contributed by atoms with E-state index in [1.165, 1.54) is 11.3 Å². The first-order valence-electron chi connectivity index (χ1n) is 8.75. The van der Waals surface area contributed by atoms with E-state index in [2.05, 4.69) is 21.7 Å². The normalized spacial score (nSPS) is 21.1. The smallest absolute Gasteiger partial charge is 0.272 e. The monoisotopic (exact) mass is 333 g/mol. The number of nitrogens with one attached hydrogen (secondary N) is 1. The van der Waals surface area contributed by atoms with Crippen molar-refractivity contribution in [1.29, 1.82) is 0 Å². The van der Waals surface area contributed by atoms with Crippen LogP contribution in [-0.4, -0.2) is 31.5 Å². The van der Waals surface area contributed by atoms with Gasteiger partial charge in [-0.15, -0.1) is 0 Å². The first kappa shape index (κ1) is 14.5. The molecule has 1 saturated carbocycles. The average Bonchev–Trinajstić information content (AvgIpc) is 3.03. The van der Waals surface area contributed by atoms with Crippen molar-refractivity contribution >= 4 is 5.91 Å². The predicted octanol–water partition coefficient (Wildman–Crippen LogP) is 2.30. The summed E-state index contributed by atoms with van der Waals surface area (Å²) >= 11 is 0. The molecular weight excluding hydrogens is 314 g/mol. The number of amides is 1. The van der Waals surface area contributed by atoms with Gasteiger partial charge in [0, 0.05) is 30.4 Å². The first-order valence-corrected chi connectivity index (χ1v) is 8.75. The molecule has 1 aromatic carbocycles. The minimum absolute atomic E-state index is 0.0650. The van der Waals surface area contributed by atoms with Crippen LogP contribution in [0.5, 0.6) is 0 Å². The van der Waals surface area contributed by atoms with E-state index in [1.807, 2.05) is 52.0 Å². The topological polar surface area (TPSA) is 64.7 Å². The second-order valence-electron chi connectivity index (χ2n) is 6.82. The van der Waals surface area contributed by atoms with E-state index in [-0.39, 0.29) is 11.9 Å². The van der Waals surface area contributed by atoms with Crippen LogP contribution in [0.4, 0.5) is 0 Å². The third-order valence-corrected chi connectivity index (χ3v) is 5.06. The summed E-state index contributed by atoms with van der Waals surface area (Å²) in [5.41, 5.74) is 3.92. The lowest BCUT2D eigenvalue weighted by Gasteiger charge is -2.02. The number of hydrogen-bond donors (Lipinski definition) is 1. The molecule has 1 amide bonds. The first-order chi connectivity index (χ1) is 12.3. The number of benzene rings is 1. The van der Waals surface area contributed by atoms with Gasteiger partial charge in [0.15, 0.2) is 0 Å². The van der Waals surface area contributed by atoms with Crippen molar-refractivity contribution < 1.29 is 4.79 Å². The van der Waals surface area contributed by atoms with E-state index < -0.39 is 0 Å². The summed E-state index contributed by atoms with van der Waals surface area (Å²) in [6.45, 7) is 0.924. The summed E-state index contributed by atoms with van der Waals surface area (Å²) in [4.78, 5) is 12.4. The zero-order valence-electron chi connectivity index (χ0n) is 13.8. The Morgan fingerprint density at radius 3 is 2.96 bits per heavy atom. The average molecular weight is 333 g/mol. The number of carbonyl (C=O) groups excluding carboxylic acids is 1. The molecule has 0 spiro atoms. The molecule has 3 heterocycles. The van der Waals surface area contributed by atoms with Crippen LogP contribution in [0, 0.1) is 0 Å². The summed E-state index contributed by atoms with van der Waals surface area (Å²) in [7, 11) is 0. The van der Waals surface area contributed by atoms with Gasteiger partial charge in [-0.05, 0) is 43.0 Å². The highest BCUT2D eigenvalue weighted by Gasteiger charge is 2.41. The number of fused-ring (bicyclic) bond motifs is 1. The van der Waals surface area contributed by atoms with Crippen molar-refractivity contribution in [2.45, 2.75) is 37.8 Å². The van der Waals surface area contributed by atoms with Gasteiger partial charge >= 0.3 is 0 Å². The van der Waals surface area contributed by atoms with Crippen LogP contribution in [0.1, 0.15) is 40.5 Å². The van der Waals surface area contributed by atoms with Gasteiger partial charge in [0.1, 0.15) is 5.69 Å². The van der Waals surface area contributed by atoms with Crippen LogP contribution in [0.2, 0.25) is 0 Å². The Labute approximate surface area is 145 Å². The molecule has 2 aliphatic rings. The Morgan fingerprint density at radius 1 is 1.24 bits per heavy atom. The Hall–Kier alpha value is -2.89. The van der Waals surface area contributed by atoms with Crippen LogP contribution in [0.3, 0.4) is 0 Å². The van der Waals surface area contributed by atoms with Crippen molar-refractivity contribution in [3.63, 3.8) is 0 Å². The number of aromatic nitrogens is 4. The van der Waals surface area contributed by atoms with E-state index in [4.69, 9.17) is 0 Å². The molecule has 1 aliphatic carbocycles. The van der Waals surface area contributed by atoms with E-state index in [9.17, 15) is 4.79 Å². The molecule has 3 aromatic rings. The lowest BCUT2D eigenvalue weighted by molar-refractivity contribution is 0.0944. The fourth-order valence-corrected chi connectivity index (χ4v) is 3.59. The molecule has 0 saturated heterocycles. The second kappa shape index (κ2) is 5.58. The van der Waals surface area contributed by atoms with Gasteiger partial charge in [-0.1, -0.05) is 18.2 Å². The molecule has 1 aliphatic heterocycles. The SMILES string of the molecule is O=C(N[C@@H]1C[C@H]1c1cnn(-c2ccccc2)c1)c1cc2n(n1)CCC2. The highest BCUT2D eigenvalue weighted by Crippen LogP contribution is 2.41. The van der Waals surface area contributed by atoms with E-state index in [1.54, 1.807) is 0 Å². The fraction of sp³-hybridized carbons (Fsp3) is 0.316. The van der Waals surface area contributed by atoms with Crippen molar-refractivity contribution in [3.8, 4) is 5.69 Å². The molecule has 126 valence electrons. The second-order valence-corrected chi connectivity index (χ2v) is 6.82.